The Labute approximate surface area is 192 Å². The van der Waals surface area contributed by atoms with Crippen LogP contribution in [0.3, 0.4) is 0 Å². The predicted molar refractivity (Wildman–Crippen MR) is 130 cm³/mol. The average molecular weight is 516 g/mol. The van der Waals surface area contributed by atoms with E-state index in [9.17, 15) is 0 Å². The highest BCUT2D eigenvalue weighted by molar-refractivity contribution is 14.0. The number of anilines is 1. The number of hydrogen-bond donors (Lipinski definition) is 2. The minimum absolute atomic E-state index is 0. The van der Waals surface area contributed by atoms with E-state index in [1.54, 1.807) is 0 Å². The Morgan fingerprint density at radius 3 is 2.76 bits per heavy atom. The van der Waals surface area contributed by atoms with E-state index in [0.29, 0.717) is 6.54 Å². The second-order valence-corrected chi connectivity index (χ2v) is 7.81. The molecule has 164 valence electrons. The zero-order valence-corrected chi connectivity index (χ0v) is 20.2. The largest absolute Gasteiger partial charge is 0.381 e. The number of aliphatic imine (C=N–C) groups is 1. The first-order chi connectivity index (χ1) is 13.7. The Kier molecular flexibility index (Phi) is 11.0. The maximum absolute atomic E-state index is 5.69. The van der Waals surface area contributed by atoms with E-state index in [4.69, 9.17) is 9.73 Å². The lowest BCUT2D eigenvalue weighted by Gasteiger charge is -2.33. The van der Waals surface area contributed by atoms with Crippen molar-refractivity contribution in [2.24, 2.45) is 10.9 Å². The van der Waals surface area contributed by atoms with Gasteiger partial charge in [0.25, 0.3) is 0 Å². The van der Waals surface area contributed by atoms with E-state index in [2.05, 4.69) is 51.5 Å². The maximum Gasteiger partial charge on any atom is 0.191 e. The van der Waals surface area contributed by atoms with Crippen molar-refractivity contribution in [2.45, 2.75) is 32.7 Å². The maximum atomic E-state index is 5.69. The first-order valence-electron chi connectivity index (χ1n) is 10.7. The van der Waals surface area contributed by atoms with E-state index in [-0.39, 0.29) is 24.0 Å². The number of pyridine rings is 1. The van der Waals surface area contributed by atoms with Crippen molar-refractivity contribution >= 4 is 35.8 Å². The van der Waals surface area contributed by atoms with Crippen molar-refractivity contribution in [1.82, 2.24) is 20.5 Å². The molecule has 1 aromatic rings. The van der Waals surface area contributed by atoms with Crippen LogP contribution in [0.1, 0.15) is 31.7 Å². The van der Waals surface area contributed by atoms with Crippen LogP contribution < -0.4 is 15.5 Å². The number of guanidine groups is 1. The summed E-state index contributed by atoms with van der Waals surface area (Å²) in [5.41, 5.74) is 1.19. The van der Waals surface area contributed by atoms with Crippen LogP contribution in [-0.2, 0) is 11.3 Å². The van der Waals surface area contributed by atoms with Gasteiger partial charge in [-0.3, -0.25) is 0 Å². The SMILES string of the molecule is CCNC(=NCc1ccnc(N2CCN(C)CC2)c1)NCCCOCC1CC1.I. The van der Waals surface area contributed by atoms with Crippen LogP contribution in [0.5, 0.6) is 0 Å². The Balaban J connectivity index is 0.00000300. The number of nitrogens with zero attached hydrogens (tertiary/aromatic N) is 4. The zero-order chi connectivity index (χ0) is 19.6. The summed E-state index contributed by atoms with van der Waals surface area (Å²) in [5, 5.41) is 6.73. The molecule has 1 aliphatic heterocycles. The second-order valence-electron chi connectivity index (χ2n) is 7.81. The van der Waals surface area contributed by atoms with Gasteiger partial charge < -0.3 is 25.2 Å². The Hall–Kier alpha value is -1.13. The molecule has 0 aromatic carbocycles. The molecule has 0 spiro atoms. The third-order valence-electron chi connectivity index (χ3n) is 5.21. The van der Waals surface area contributed by atoms with Gasteiger partial charge in [-0.05, 0) is 56.8 Å². The van der Waals surface area contributed by atoms with Crippen molar-refractivity contribution in [1.29, 1.82) is 0 Å². The van der Waals surface area contributed by atoms with Gasteiger partial charge in [0, 0.05) is 58.7 Å². The summed E-state index contributed by atoms with van der Waals surface area (Å²) in [6, 6.07) is 4.22. The average Bonchev–Trinajstić information content (AvgIpc) is 3.54. The lowest BCUT2D eigenvalue weighted by Crippen LogP contribution is -2.44. The molecule has 8 heteroatoms. The summed E-state index contributed by atoms with van der Waals surface area (Å²) in [6.45, 7) is 10.5. The molecule has 1 aromatic heterocycles. The summed E-state index contributed by atoms with van der Waals surface area (Å²) < 4.78 is 5.69. The molecule has 1 saturated carbocycles. The molecule has 1 aliphatic carbocycles. The third-order valence-corrected chi connectivity index (χ3v) is 5.21. The fourth-order valence-corrected chi connectivity index (χ4v) is 3.20. The van der Waals surface area contributed by atoms with Gasteiger partial charge in [0.05, 0.1) is 6.54 Å². The number of nitrogens with one attached hydrogen (secondary N) is 2. The summed E-state index contributed by atoms with van der Waals surface area (Å²) in [4.78, 5) is 14.0. The molecular formula is C21H37IN6O. The van der Waals surface area contributed by atoms with Crippen molar-refractivity contribution in [3.8, 4) is 0 Å². The van der Waals surface area contributed by atoms with Crippen LogP contribution in [0, 0.1) is 5.92 Å². The van der Waals surface area contributed by atoms with Crippen molar-refractivity contribution in [2.75, 3.05) is 64.4 Å². The molecule has 2 N–H and O–H groups in total. The quantitative estimate of drug-likeness (QED) is 0.216. The van der Waals surface area contributed by atoms with Gasteiger partial charge >= 0.3 is 0 Å². The molecule has 0 atom stereocenters. The van der Waals surface area contributed by atoms with E-state index in [1.807, 2.05) is 6.20 Å². The van der Waals surface area contributed by atoms with Crippen molar-refractivity contribution in [3.63, 3.8) is 0 Å². The molecule has 0 amide bonds. The summed E-state index contributed by atoms with van der Waals surface area (Å²) >= 11 is 0. The van der Waals surface area contributed by atoms with E-state index >= 15 is 0 Å². The van der Waals surface area contributed by atoms with E-state index in [1.165, 1.54) is 18.4 Å². The van der Waals surface area contributed by atoms with E-state index in [0.717, 1.165) is 76.6 Å². The fraction of sp³-hybridized carbons (Fsp3) is 0.714. The smallest absolute Gasteiger partial charge is 0.191 e. The molecule has 2 heterocycles. The van der Waals surface area contributed by atoms with Crippen molar-refractivity contribution < 1.29 is 4.74 Å². The minimum Gasteiger partial charge on any atom is -0.381 e. The van der Waals surface area contributed by atoms with Gasteiger partial charge in [-0.25, -0.2) is 9.98 Å². The number of piperazine rings is 1. The van der Waals surface area contributed by atoms with Crippen LogP contribution in [-0.4, -0.2) is 75.4 Å². The number of aromatic nitrogens is 1. The monoisotopic (exact) mass is 516 g/mol. The molecule has 2 fully saturated rings. The summed E-state index contributed by atoms with van der Waals surface area (Å²) in [5.74, 6) is 2.76. The number of hydrogen-bond acceptors (Lipinski definition) is 5. The lowest BCUT2D eigenvalue weighted by molar-refractivity contribution is 0.123. The number of likely N-dealkylation sites (N-methyl/N-ethyl adjacent to an activating group) is 1. The van der Waals surface area contributed by atoms with Crippen LogP contribution in [0.25, 0.3) is 0 Å². The first-order valence-corrected chi connectivity index (χ1v) is 10.7. The standard InChI is InChI=1S/C21H36N6O.HI/c1-3-22-21(24-8-4-14-28-17-18-5-6-18)25-16-19-7-9-23-20(15-19)27-12-10-26(2)11-13-27;/h7,9,15,18H,3-6,8,10-14,16-17H2,1-2H3,(H2,22,24,25);1H. The highest BCUT2D eigenvalue weighted by Crippen LogP contribution is 2.28. The van der Waals surface area contributed by atoms with Gasteiger partial charge in [-0.2, -0.15) is 0 Å². The molecule has 0 bridgehead atoms. The number of ether oxygens (including phenoxy) is 1. The Morgan fingerprint density at radius 1 is 1.24 bits per heavy atom. The molecule has 2 aliphatic rings. The summed E-state index contributed by atoms with van der Waals surface area (Å²) in [7, 11) is 2.17. The highest BCUT2D eigenvalue weighted by atomic mass is 127. The summed E-state index contributed by atoms with van der Waals surface area (Å²) in [6.07, 6.45) is 5.60. The van der Waals surface area contributed by atoms with Gasteiger partial charge in [0.1, 0.15) is 5.82 Å². The molecule has 7 nitrogen and oxygen atoms in total. The molecule has 29 heavy (non-hydrogen) atoms. The topological polar surface area (TPSA) is 65.0 Å². The van der Waals surface area contributed by atoms with Gasteiger partial charge in [-0.15, -0.1) is 24.0 Å². The fourth-order valence-electron chi connectivity index (χ4n) is 3.20. The van der Waals surface area contributed by atoms with Crippen LogP contribution in [0.15, 0.2) is 23.3 Å². The molecule has 1 saturated heterocycles. The van der Waals surface area contributed by atoms with Crippen LogP contribution in [0.2, 0.25) is 0 Å². The number of rotatable bonds is 10. The highest BCUT2D eigenvalue weighted by Gasteiger charge is 2.20. The lowest BCUT2D eigenvalue weighted by atomic mass is 10.2. The van der Waals surface area contributed by atoms with E-state index < -0.39 is 0 Å². The van der Waals surface area contributed by atoms with Gasteiger partial charge in [-0.1, -0.05) is 0 Å². The zero-order valence-electron chi connectivity index (χ0n) is 17.9. The molecule has 0 unspecified atom stereocenters. The van der Waals surface area contributed by atoms with Crippen LogP contribution >= 0.6 is 24.0 Å². The van der Waals surface area contributed by atoms with Gasteiger partial charge in [0.15, 0.2) is 5.96 Å². The number of halogens is 1. The first kappa shape index (κ1) is 24.1. The minimum atomic E-state index is 0. The molecular weight excluding hydrogens is 479 g/mol. The molecule has 3 rings (SSSR count). The predicted octanol–water partition coefficient (Wildman–Crippen LogP) is 2.32. The van der Waals surface area contributed by atoms with Crippen LogP contribution in [0.4, 0.5) is 5.82 Å². The molecule has 0 radical (unpaired) electrons. The second kappa shape index (κ2) is 13.2. The Morgan fingerprint density at radius 2 is 2.03 bits per heavy atom. The Bertz CT molecular complexity index is 617. The normalized spacial score (nSPS) is 17.7. The third kappa shape index (κ3) is 9.04. The van der Waals surface area contributed by atoms with Gasteiger partial charge in [0.2, 0.25) is 0 Å². The van der Waals surface area contributed by atoms with Crippen molar-refractivity contribution in [3.05, 3.63) is 23.9 Å².